The van der Waals surface area contributed by atoms with Gasteiger partial charge >= 0.3 is 0 Å². The van der Waals surface area contributed by atoms with Crippen LogP contribution >= 0.6 is 0 Å². The van der Waals surface area contributed by atoms with Gasteiger partial charge in [-0.2, -0.15) is 0 Å². The van der Waals surface area contributed by atoms with E-state index in [4.69, 9.17) is 5.73 Å². The lowest BCUT2D eigenvalue weighted by Crippen LogP contribution is -2.46. The maximum Gasteiger partial charge on any atom is 0.0456 e. The summed E-state index contributed by atoms with van der Waals surface area (Å²) in [5, 5.41) is 0. The first-order valence-corrected chi connectivity index (χ1v) is 5.25. The summed E-state index contributed by atoms with van der Waals surface area (Å²) in [6.07, 6.45) is 0. The van der Waals surface area contributed by atoms with Crippen LogP contribution in [0.2, 0.25) is 0 Å². The predicted octanol–water partition coefficient (Wildman–Crippen LogP) is 2.95. The second kappa shape index (κ2) is 4.14. The van der Waals surface area contributed by atoms with E-state index in [0.29, 0.717) is 11.8 Å². The van der Waals surface area contributed by atoms with E-state index in [-0.39, 0.29) is 5.54 Å². The van der Waals surface area contributed by atoms with Crippen LogP contribution in [0.5, 0.6) is 0 Å². The van der Waals surface area contributed by atoms with Crippen LogP contribution in [0.25, 0.3) is 0 Å². The third-order valence-corrected chi connectivity index (χ3v) is 3.13. The molecule has 14 heavy (non-hydrogen) atoms. The zero-order valence-corrected chi connectivity index (χ0v) is 9.54. The van der Waals surface area contributed by atoms with Gasteiger partial charge in [0.2, 0.25) is 0 Å². The third kappa shape index (κ3) is 1.83. The van der Waals surface area contributed by atoms with Gasteiger partial charge in [-0.05, 0) is 23.5 Å². The van der Waals surface area contributed by atoms with Crippen molar-refractivity contribution in [1.82, 2.24) is 0 Å². The molecule has 0 aromatic heterocycles. The summed E-state index contributed by atoms with van der Waals surface area (Å²) in [5.41, 5.74) is 7.47. The number of hydrogen-bond acceptors (Lipinski definition) is 1. The van der Waals surface area contributed by atoms with Crippen LogP contribution in [0.4, 0.5) is 0 Å². The SMILES string of the molecule is CC(C)C(N)(c1cc[c]cc1)C(C)C. The molecule has 1 radical (unpaired) electrons. The number of nitrogens with two attached hydrogens (primary N) is 1. The van der Waals surface area contributed by atoms with Crippen LogP contribution < -0.4 is 5.73 Å². The van der Waals surface area contributed by atoms with Crippen LogP contribution in [-0.2, 0) is 5.54 Å². The molecule has 1 heteroatoms. The lowest BCUT2D eigenvalue weighted by atomic mass is 9.73. The van der Waals surface area contributed by atoms with E-state index in [1.54, 1.807) is 0 Å². The van der Waals surface area contributed by atoms with Crippen LogP contribution in [-0.4, -0.2) is 0 Å². The van der Waals surface area contributed by atoms with Gasteiger partial charge in [0.05, 0.1) is 0 Å². The lowest BCUT2D eigenvalue weighted by Gasteiger charge is -2.38. The van der Waals surface area contributed by atoms with E-state index in [1.165, 1.54) is 5.56 Å². The number of benzene rings is 1. The van der Waals surface area contributed by atoms with Crippen LogP contribution in [0, 0.1) is 17.9 Å². The summed E-state index contributed by atoms with van der Waals surface area (Å²) in [6.45, 7) is 8.71. The van der Waals surface area contributed by atoms with E-state index in [1.807, 2.05) is 12.1 Å². The van der Waals surface area contributed by atoms with Gasteiger partial charge in [0.15, 0.2) is 0 Å². The van der Waals surface area contributed by atoms with Crippen molar-refractivity contribution in [3.63, 3.8) is 0 Å². The Labute approximate surface area is 87.3 Å². The molecule has 1 nitrogen and oxygen atoms in total. The van der Waals surface area contributed by atoms with Crippen molar-refractivity contribution in [2.45, 2.75) is 33.2 Å². The average Bonchev–Trinajstić information content (AvgIpc) is 2.17. The summed E-state index contributed by atoms with van der Waals surface area (Å²) in [7, 11) is 0. The van der Waals surface area contributed by atoms with E-state index in [9.17, 15) is 0 Å². The Balaban J connectivity index is 3.13. The molecule has 1 rings (SSSR count). The van der Waals surface area contributed by atoms with Gasteiger partial charge in [0.25, 0.3) is 0 Å². The summed E-state index contributed by atoms with van der Waals surface area (Å²) < 4.78 is 0. The molecule has 0 bridgehead atoms. The minimum Gasteiger partial charge on any atom is -0.321 e. The summed E-state index contributed by atoms with van der Waals surface area (Å²) >= 11 is 0. The molecule has 0 aliphatic carbocycles. The molecule has 0 fully saturated rings. The predicted molar refractivity (Wildman–Crippen MR) is 60.8 cm³/mol. The number of hydrogen-bond donors (Lipinski definition) is 1. The molecule has 0 spiro atoms. The van der Waals surface area contributed by atoms with Crippen molar-refractivity contribution >= 4 is 0 Å². The summed E-state index contributed by atoms with van der Waals surface area (Å²) in [6, 6.07) is 11.0. The van der Waals surface area contributed by atoms with E-state index in [2.05, 4.69) is 45.9 Å². The summed E-state index contributed by atoms with van der Waals surface area (Å²) in [4.78, 5) is 0. The molecule has 2 N–H and O–H groups in total. The minimum atomic E-state index is -0.227. The Morgan fingerprint density at radius 3 is 1.86 bits per heavy atom. The van der Waals surface area contributed by atoms with Gasteiger partial charge in [-0.25, -0.2) is 0 Å². The summed E-state index contributed by atoms with van der Waals surface area (Å²) in [5.74, 6) is 0.870. The van der Waals surface area contributed by atoms with E-state index in [0.717, 1.165) is 0 Å². The van der Waals surface area contributed by atoms with Crippen molar-refractivity contribution < 1.29 is 0 Å². The smallest absolute Gasteiger partial charge is 0.0456 e. The second-order valence-electron chi connectivity index (χ2n) is 4.53. The molecule has 1 aromatic carbocycles. The molecule has 77 valence electrons. The average molecular weight is 190 g/mol. The van der Waals surface area contributed by atoms with Crippen molar-refractivity contribution in [1.29, 1.82) is 0 Å². The van der Waals surface area contributed by atoms with Gasteiger partial charge in [-0.3, -0.25) is 0 Å². The van der Waals surface area contributed by atoms with Crippen molar-refractivity contribution in [2.24, 2.45) is 17.6 Å². The highest BCUT2D eigenvalue weighted by molar-refractivity contribution is 5.24. The van der Waals surface area contributed by atoms with Gasteiger partial charge in [0, 0.05) is 5.54 Å². The van der Waals surface area contributed by atoms with Crippen molar-refractivity contribution in [3.05, 3.63) is 35.9 Å². The van der Waals surface area contributed by atoms with Gasteiger partial charge in [0.1, 0.15) is 0 Å². The Morgan fingerprint density at radius 1 is 1.07 bits per heavy atom. The topological polar surface area (TPSA) is 26.0 Å². The zero-order valence-electron chi connectivity index (χ0n) is 9.54. The van der Waals surface area contributed by atoms with Crippen molar-refractivity contribution in [3.8, 4) is 0 Å². The Hall–Kier alpha value is -0.820. The van der Waals surface area contributed by atoms with Crippen LogP contribution in [0.15, 0.2) is 24.3 Å². The Kier molecular flexibility index (Phi) is 3.33. The third-order valence-electron chi connectivity index (χ3n) is 3.13. The molecule has 0 saturated heterocycles. The molecule has 0 unspecified atom stereocenters. The maximum atomic E-state index is 6.49. The molecular formula is C13H20N. The molecule has 0 aliphatic rings. The highest BCUT2D eigenvalue weighted by Crippen LogP contribution is 2.33. The fourth-order valence-electron chi connectivity index (χ4n) is 2.01. The fraction of sp³-hybridized carbons (Fsp3) is 0.538. The highest BCUT2D eigenvalue weighted by Gasteiger charge is 2.34. The molecule has 0 heterocycles. The van der Waals surface area contributed by atoms with E-state index < -0.39 is 0 Å². The van der Waals surface area contributed by atoms with Gasteiger partial charge in [-0.15, -0.1) is 0 Å². The Bertz CT molecular complexity index is 267. The number of rotatable bonds is 3. The molecular weight excluding hydrogens is 170 g/mol. The standard InChI is InChI=1S/C13H20N/c1-10(2)13(14,11(3)4)12-8-6-5-7-9-12/h6-11H,14H2,1-4H3. The molecule has 0 aliphatic heterocycles. The first-order valence-electron chi connectivity index (χ1n) is 5.25. The van der Waals surface area contributed by atoms with Gasteiger partial charge in [-0.1, -0.05) is 52.0 Å². The fourth-order valence-corrected chi connectivity index (χ4v) is 2.01. The zero-order chi connectivity index (χ0) is 10.8. The maximum absolute atomic E-state index is 6.49. The minimum absolute atomic E-state index is 0.227. The first kappa shape index (κ1) is 11.3. The Morgan fingerprint density at radius 2 is 1.50 bits per heavy atom. The second-order valence-corrected chi connectivity index (χ2v) is 4.53. The molecule has 0 saturated carbocycles. The quantitative estimate of drug-likeness (QED) is 0.779. The molecule has 1 aromatic rings. The van der Waals surface area contributed by atoms with Crippen LogP contribution in [0.3, 0.4) is 0 Å². The normalized spacial score (nSPS) is 12.5. The monoisotopic (exact) mass is 190 g/mol. The first-order chi connectivity index (χ1) is 6.49. The van der Waals surface area contributed by atoms with Gasteiger partial charge < -0.3 is 5.73 Å². The molecule has 0 amide bonds. The van der Waals surface area contributed by atoms with Crippen LogP contribution in [0.1, 0.15) is 33.3 Å². The molecule has 0 atom stereocenters. The van der Waals surface area contributed by atoms with Crippen molar-refractivity contribution in [2.75, 3.05) is 0 Å². The lowest BCUT2D eigenvalue weighted by molar-refractivity contribution is 0.227. The largest absolute Gasteiger partial charge is 0.321 e. The van der Waals surface area contributed by atoms with E-state index >= 15 is 0 Å². The highest BCUT2D eigenvalue weighted by atomic mass is 14.8.